The second-order valence-corrected chi connectivity index (χ2v) is 3.01. The summed E-state index contributed by atoms with van der Waals surface area (Å²) in [5.41, 5.74) is 1.03. The van der Waals surface area contributed by atoms with Crippen molar-refractivity contribution < 1.29 is 18.0 Å². The van der Waals surface area contributed by atoms with Gasteiger partial charge in [0.1, 0.15) is 0 Å². The molecule has 0 heterocycles. The number of aryl methyl sites for hydroxylation is 1. The Morgan fingerprint density at radius 2 is 2.07 bits per heavy atom. The summed E-state index contributed by atoms with van der Waals surface area (Å²) in [6.45, 7) is 1.88. The van der Waals surface area contributed by atoms with Crippen LogP contribution in [-0.4, -0.2) is 12.1 Å². The molecule has 0 aliphatic rings. The Balaban J connectivity index is 2.77. The van der Waals surface area contributed by atoms with Crippen LogP contribution in [0, 0.1) is 0 Å². The van der Waals surface area contributed by atoms with Crippen LogP contribution < -0.4 is 5.32 Å². The van der Waals surface area contributed by atoms with Crippen molar-refractivity contribution in [3.8, 4) is 0 Å². The van der Waals surface area contributed by atoms with Gasteiger partial charge in [0.15, 0.2) is 0 Å². The highest BCUT2D eigenvalue weighted by Gasteiger charge is 2.38. The number of amides is 1. The van der Waals surface area contributed by atoms with Gasteiger partial charge in [-0.15, -0.1) is 0 Å². The summed E-state index contributed by atoms with van der Waals surface area (Å²) in [4.78, 5) is 10.6. The van der Waals surface area contributed by atoms with Gasteiger partial charge in [0.05, 0.1) is 0 Å². The smallest absolute Gasteiger partial charge is 0.318 e. The lowest BCUT2D eigenvalue weighted by molar-refractivity contribution is -0.167. The van der Waals surface area contributed by atoms with E-state index in [4.69, 9.17) is 0 Å². The van der Waals surface area contributed by atoms with Gasteiger partial charge in [-0.25, -0.2) is 0 Å². The number of hydrogen-bond donors (Lipinski definition) is 1. The zero-order valence-electron chi connectivity index (χ0n) is 8.06. The second kappa shape index (κ2) is 4.33. The third kappa shape index (κ3) is 3.27. The molecule has 1 amide bonds. The van der Waals surface area contributed by atoms with Gasteiger partial charge in [-0.2, -0.15) is 13.2 Å². The average Bonchev–Trinajstić information content (AvgIpc) is 2.16. The van der Waals surface area contributed by atoms with E-state index in [2.05, 4.69) is 0 Å². The minimum Gasteiger partial charge on any atom is -0.318 e. The van der Waals surface area contributed by atoms with E-state index in [0.717, 1.165) is 5.56 Å². The molecule has 0 bridgehead atoms. The fraction of sp³-hybridized carbons (Fsp3) is 0.300. The highest BCUT2D eigenvalue weighted by molar-refractivity contribution is 5.94. The molecule has 0 saturated heterocycles. The predicted molar refractivity (Wildman–Crippen MR) is 50.5 cm³/mol. The molecule has 2 nitrogen and oxygen atoms in total. The second-order valence-electron chi connectivity index (χ2n) is 3.01. The first kappa shape index (κ1) is 11.6. The highest BCUT2D eigenvalue weighted by atomic mass is 19.4. The third-order valence-electron chi connectivity index (χ3n) is 1.85. The van der Waals surface area contributed by atoms with Crippen LogP contribution in [-0.2, 0) is 11.2 Å². The van der Waals surface area contributed by atoms with Gasteiger partial charge in [0.2, 0.25) is 0 Å². The molecule has 1 aromatic carbocycles. The molecule has 1 aromatic rings. The Bertz CT molecular complexity index is 360. The number of nitrogens with one attached hydrogen (secondary N) is 1. The van der Waals surface area contributed by atoms with Gasteiger partial charge < -0.3 is 5.32 Å². The van der Waals surface area contributed by atoms with Gasteiger partial charge in [-0.1, -0.05) is 19.1 Å². The lowest BCUT2D eigenvalue weighted by Gasteiger charge is -2.08. The SMILES string of the molecule is CCc1cccc(NC(=O)C(F)(F)F)c1. The molecule has 0 aliphatic heterocycles. The largest absolute Gasteiger partial charge is 0.471 e. The number of anilines is 1. The lowest BCUT2D eigenvalue weighted by atomic mass is 10.1. The monoisotopic (exact) mass is 217 g/mol. The van der Waals surface area contributed by atoms with Crippen molar-refractivity contribution in [2.24, 2.45) is 0 Å². The fourth-order valence-electron chi connectivity index (χ4n) is 1.07. The highest BCUT2D eigenvalue weighted by Crippen LogP contribution is 2.18. The van der Waals surface area contributed by atoms with E-state index >= 15 is 0 Å². The van der Waals surface area contributed by atoms with Crippen LogP contribution in [0.5, 0.6) is 0 Å². The quantitative estimate of drug-likeness (QED) is 0.810. The van der Waals surface area contributed by atoms with Crippen LogP contribution in [0.4, 0.5) is 18.9 Å². The van der Waals surface area contributed by atoms with Gasteiger partial charge >= 0.3 is 12.1 Å². The molecule has 0 aromatic heterocycles. The first-order chi connectivity index (χ1) is 6.93. The number of carbonyl (C=O) groups excluding carboxylic acids is 1. The van der Waals surface area contributed by atoms with Crippen LogP contribution in [0.25, 0.3) is 0 Å². The molecule has 0 unspecified atom stereocenters. The summed E-state index contributed by atoms with van der Waals surface area (Å²) < 4.78 is 35.7. The molecule has 0 radical (unpaired) electrons. The van der Waals surface area contributed by atoms with Crippen molar-refractivity contribution in [1.82, 2.24) is 0 Å². The standard InChI is InChI=1S/C10H10F3NO/c1-2-7-4-3-5-8(6-7)14-9(15)10(11,12)13/h3-6H,2H2,1H3,(H,14,15). The molecule has 0 spiro atoms. The van der Waals surface area contributed by atoms with Gasteiger partial charge in [0.25, 0.3) is 0 Å². The van der Waals surface area contributed by atoms with Gasteiger partial charge in [0, 0.05) is 5.69 Å². The number of halogens is 3. The summed E-state index contributed by atoms with van der Waals surface area (Å²) in [5, 5.41) is 1.79. The summed E-state index contributed by atoms with van der Waals surface area (Å²) in [5.74, 6) is -1.95. The van der Waals surface area contributed by atoms with Crippen molar-refractivity contribution in [3.05, 3.63) is 29.8 Å². The Labute approximate surface area is 85.1 Å². The van der Waals surface area contributed by atoms with Crippen LogP contribution in [0.3, 0.4) is 0 Å². The summed E-state index contributed by atoms with van der Waals surface area (Å²) >= 11 is 0. The van der Waals surface area contributed by atoms with E-state index in [-0.39, 0.29) is 5.69 Å². The number of carbonyl (C=O) groups is 1. The third-order valence-corrected chi connectivity index (χ3v) is 1.85. The van der Waals surface area contributed by atoms with Crippen molar-refractivity contribution in [2.75, 3.05) is 5.32 Å². The van der Waals surface area contributed by atoms with Crippen molar-refractivity contribution in [3.63, 3.8) is 0 Å². The van der Waals surface area contributed by atoms with E-state index in [1.54, 1.807) is 17.4 Å². The number of rotatable bonds is 2. The predicted octanol–water partition coefficient (Wildman–Crippen LogP) is 2.75. The summed E-state index contributed by atoms with van der Waals surface area (Å²) in [6.07, 6.45) is -4.14. The van der Waals surface area contributed by atoms with Crippen molar-refractivity contribution in [1.29, 1.82) is 0 Å². The lowest BCUT2D eigenvalue weighted by Crippen LogP contribution is -2.29. The minimum atomic E-state index is -4.85. The van der Waals surface area contributed by atoms with Crippen molar-refractivity contribution >= 4 is 11.6 Å². The van der Waals surface area contributed by atoms with E-state index in [0.29, 0.717) is 6.42 Å². The zero-order chi connectivity index (χ0) is 11.5. The minimum absolute atomic E-state index is 0.164. The molecule has 15 heavy (non-hydrogen) atoms. The molecule has 0 aliphatic carbocycles. The molecule has 0 saturated carbocycles. The van der Waals surface area contributed by atoms with Gasteiger partial charge in [-0.05, 0) is 24.1 Å². The summed E-state index contributed by atoms with van der Waals surface area (Å²) in [7, 11) is 0. The van der Waals surface area contributed by atoms with Crippen LogP contribution in [0.1, 0.15) is 12.5 Å². The number of hydrogen-bond acceptors (Lipinski definition) is 1. The number of benzene rings is 1. The maximum Gasteiger partial charge on any atom is 0.471 e. The molecule has 0 atom stereocenters. The fourth-order valence-corrected chi connectivity index (χ4v) is 1.07. The molecular weight excluding hydrogens is 207 g/mol. The Kier molecular flexibility index (Phi) is 3.34. The molecule has 1 N–H and O–H groups in total. The maximum absolute atomic E-state index is 11.9. The van der Waals surface area contributed by atoms with Crippen LogP contribution in [0.15, 0.2) is 24.3 Å². The van der Waals surface area contributed by atoms with Crippen LogP contribution in [0.2, 0.25) is 0 Å². The molecular formula is C10H10F3NO. The first-order valence-corrected chi connectivity index (χ1v) is 4.40. The van der Waals surface area contributed by atoms with Crippen molar-refractivity contribution in [2.45, 2.75) is 19.5 Å². The van der Waals surface area contributed by atoms with Crippen LogP contribution >= 0.6 is 0 Å². The zero-order valence-corrected chi connectivity index (χ0v) is 8.06. The molecule has 0 fully saturated rings. The van der Waals surface area contributed by atoms with E-state index in [1.807, 2.05) is 6.92 Å². The normalized spacial score (nSPS) is 11.2. The summed E-state index contributed by atoms with van der Waals surface area (Å²) in [6, 6.07) is 6.32. The first-order valence-electron chi connectivity index (χ1n) is 4.40. The molecule has 1 rings (SSSR count). The molecule has 5 heteroatoms. The Morgan fingerprint density at radius 1 is 1.40 bits per heavy atom. The molecule has 82 valence electrons. The van der Waals surface area contributed by atoms with E-state index in [1.165, 1.54) is 12.1 Å². The Morgan fingerprint density at radius 3 is 2.60 bits per heavy atom. The topological polar surface area (TPSA) is 29.1 Å². The number of alkyl halides is 3. The van der Waals surface area contributed by atoms with E-state index in [9.17, 15) is 18.0 Å². The maximum atomic E-state index is 11.9. The van der Waals surface area contributed by atoms with E-state index < -0.39 is 12.1 Å². The average molecular weight is 217 g/mol. The Hall–Kier alpha value is -1.52. The van der Waals surface area contributed by atoms with Gasteiger partial charge in [-0.3, -0.25) is 4.79 Å².